The molecule has 0 bridgehead atoms. The summed E-state index contributed by atoms with van der Waals surface area (Å²) in [5.74, 6) is 0. The SMILES string of the molecule is C=CC(C=C)(CCCCCCCCC)N(CC)CC. The van der Waals surface area contributed by atoms with Gasteiger partial charge >= 0.3 is 0 Å². The zero-order chi connectivity index (χ0) is 14.6. The summed E-state index contributed by atoms with van der Waals surface area (Å²) in [5, 5.41) is 0. The van der Waals surface area contributed by atoms with E-state index in [4.69, 9.17) is 0 Å². The molecule has 0 aliphatic heterocycles. The fraction of sp³-hybridized carbons (Fsp3) is 0.778. The molecule has 0 radical (unpaired) electrons. The number of unbranched alkanes of at least 4 members (excludes halogenated alkanes) is 6. The molecule has 0 saturated carbocycles. The quantitative estimate of drug-likeness (QED) is 0.310. The van der Waals surface area contributed by atoms with Crippen LogP contribution in [0.1, 0.15) is 72.1 Å². The molecule has 0 aromatic rings. The molecule has 0 aromatic heterocycles. The molecule has 0 spiro atoms. The van der Waals surface area contributed by atoms with Crippen LogP contribution in [0.25, 0.3) is 0 Å². The lowest BCUT2D eigenvalue weighted by Crippen LogP contribution is -2.45. The second-order valence-electron chi connectivity index (χ2n) is 5.44. The smallest absolute Gasteiger partial charge is 0.0569 e. The van der Waals surface area contributed by atoms with E-state index in [9.17, 15) is 0 Å². The van der Waals surface area contributed by atoms with Crippen molar-refractivity contribution in [3.63, 3.8) is 0 Å². The minimum absolute atomic E-state index is 0.00686. The van der Waals surface area contributed by atoms with Crippen molar-refractivity contribution in [3.05, 3.63) is 25.3 Å². The Morgan fingerprint density at radius 2 is 1.26 bits per heavy atom. The van der Waals surface area contributed by atoms with Crippen LogP contribution in [0.5, 0.6) is 0 Å². The van der Waals surface area contributed by atoms with E-state index >= 15 is 0 Å². The van der Waals surface area contributed by atoms with Gasteiger partial charge in [0.05, 0.1) is 5.54 Å². The van der Waals surface area contributed by atoms with Crippen LogP contribution in [-0.4, -0.2) is 23.5 Å². The van der Waals surface area contributed by atoms with Crippen LogP contribution in [0, 0.1) is 0 Å². The van der Waals surface area contributed by atoms with Crippen LogP contribution in [0.3, 0.4) is 0 Å². The van der Waals surface area contributed by atoms with Crippen molar-refractivity contribution in [1.29, 1.82) is 0 Å². The van der Waals surface area contributed by atoms with E-state index in [2.05, 4.69) is 51.0 Å². The Kier molecular flexibility index (Phi) is 10.9. The summed E-state index contributed by atoms with van der Waals surface area (Å²) in [6, 6.07) is 0. The third kappa shape index (κ3) is 6.42. The normalized spacial score (nSPS) is 11.8. The Labute approximate surface area is 121 Å². The lowest BCUT2D eigenvalue weighted by Gasteiger charge is -2.38. The van der Waals surface area contributed by atoms with Gasteiger partial charge in [-0.25, -0.2) is 0 Å². The van der Waals surface area contributed by atoms with Crippen molar-refractivity contribution in [2.75, 3.05) is 13.1 Å². The minimum Gasteiger partial charge on any atom is -0.291 e. The van der Waals surface area contributed by atoms with E-state index < -0.39 is 0 Å². The van der Waals surface area contributed by atoms with E-state index in [1.54, 1.807) is 0 Å². The van der Waals surface area contributed by atoms with Crippen molar-refractivity contribution in [1.82, 2.24) is 4.90 Å². The largest absolute Gasteiger partial charge is 0.291 e. The second kappa shape index (κ2) is 11.3. The molecule has 0 unspecified atom stereocenters. The maximum Gasteiger partial charge on any atom is 0.0569 e. The summed E-state index contributed by atoms with van der Waals surface area (Å²) >= 11 is 0. The van der Waals surface area contributed by atoms with Crippen LogP contribution in [0.15, 0.2) is 25.3 Å². The molecule has 0 aromatic carbocycles. The third-order valence-corrected chi connectivity index (χ3v) is 4.24. The molecule has 0 saturated heterocycles. The average Bonchev–Trinajstić information content (AvgIpc) is 2.45. The Morgan fingerprint density at radius 1 is 0.789 bits per heavy atom. The zero-order valence-corrected chi connectivity index (χ0v) is 13.6. The molecule has 0 amide bonds. The summed E-state index contributed by atoms with van der Waals surface area (Å²) in [4.78, 5) is 2.46. The Morgan fingerprint density at radius 3 is 1.68 bits per heavy atom. The first-order valence-electron chi connectivity index (χ1n) is 8.22. The minimum atomic E-state index is 0.00686. The molecule has 0 aliphatic rings. The van der Waals surface area contributed by atoms with E-state index in [0.29, 0.717) is 0 Å². The summed E-state index contributed by atoms with van der Waals surface area (Å²) in [5.41, 5.74) is 0.00686. The van der Waals surface area contributed by atoms with Crippen LogP contribution >= 0.6 is 0 Å². The first-order valence-corrected chi connectivity index (χ1v) is 8.22. The molecule has 0 heterocycles. The van der Waals surface area contributed by atoms with E-state index in [1.165, 1.54) is 44.9 Å². The predicted octanol–water partition coefficient (Wildman–Crippen LogP) is 5.58. The van der Waals surface area contributed by atoms with Crippen LogP contribution in [-0.2, 0) is 0 Å². The molecule has 1 nitrogen and oxygen atoms in total. The highest BCUT2D eigenvalue weighted by molar-refractivity contribution is 5.15. The average molecular weight is 265 g/mol. The fourth-order valence-corrected chi connectivity index (χ4v) is 2.88. The van der Waals surface area contributed by atoms with Gasteiger partial charge in [0.15, 0.2) is 0 Å². The molecular formula is C18H35N. The third-order valence-electron chi connectivity index (χ3n) is 4.24. The molecule has 0 N–H and O–H groups in total. The number of nitrogens with zero attached hydrogens (tertiary/aromatic N) is 1. The van der Waals surface area contributed by atoms with Gasteiger partial charge in [-0.15, -0.1) is 13.2 Å². The van der Waals surface area contributed by atoms with Gasteiger partial charge in [-0.3, -0.25) is 4.90 Å². The van der Waals surface area contributed by atoms with Gasteiger partial charge in [0, 0.05) is 0 Å². The Balaban J connectivity index is 4.08. The van der Waals surface area contributed by atoms with Crippen molar-refractivity contribution in [2.24, 2.45) is 0 Å². The topological polar surface area (TPSA) is 3.24 Å². The predicted molar refractivity (Wildman–Crippen MR) is 88.7 cm³/mol. The molecular weight excluding hydrogens is 230 g/mol. The maximum atomic E-state index is 4.05. The van der Waals surface area contributed by atoms with Crippen molar-refractivity contribution in [2.45, 2.75) is 77.7 Å². The van der Waals surface area contributed by atoms with Gasteiger partial charge in [0.1, 0.15) is 0 Å². The fourth-order valence-electron chi connectivity index (χ4n) is 2.88. The van der Waals surface area contributed by atoms with Crippen LogP contribution < -0.4 is 0 Å². The van der Waals surface area contributed by atoms with Gasteiger partial charge in [0.25, 0.3) is 0 Å². The number of hydrogen-bond donors (Lipinski definition) is 0. The molecule has 112 valence electrons. The summed E-state index contributed by atoms with van der Waals surface area (Å²) in [6.45, 7) is 16.9. The highest BCUT2D eigenvalue weighted by Crippen LogP contribution is 2.26. The monoisotopic (exact) mass is 265 g/mol. The standard InChI is InChI=1S/C18H35N/c1-6-11-12-13-14-15-16-17-18(7-2,8-3)19(9-4)10-5/h7-8H,2-3,6,9-17H2,1,4-5H3. The van der Waals surface area contributed by atoms with E-state index in [0.717, 1.165) is 19.5 Å². The zero-order valence-electron chi connectivity index (χ0n) is 13.6. The first kappa shape index (κ1) is 18.4. The van der Waals surface area contributed by atoms with Gasteiger partial charge in [-0.1, -0.05) is 77.9 Å². The summed E-state index contributed by atoms with van der Waals surface area (Å²) < 4.78 is 0. The van der Waals surface area contributed by atoms with Gasteiger partial charge in [-0.2, -0.15) is 0 Å². The highest BCUT2D eigenvalue weighted by Gasteiger charge is 2.27. The summed E-state index contributed by atoms with van der Waals surface area (Å²) in [7, 11) is 0. The van der Waals surface area contributed by atoms with E-state index in [-0.39, 0.29) is 5.54 Å². The summed E-state index contributed by atoms with van der Waals surface area (Å²) in [6.07, 6.45) is 14.9. The molecule has 0 rings (SSSR count). The Bertz CT molecular complexity index is 220. The van der Waals surface area contributed by atoms with Crippen molar-refractivity contribution < 1.29 is 0 Å². The number of rotatable bonds is 13. The van der Waals surface area contributed by atoms with Gasteiger partial charge < -0.3 is 0 Å². The van der Waals surface area contributed by atoms with E-state index in [1.807, 2.05) is 0 Å². The first-order chi connectivity index (χ1) is 9.20. The van der Waals surface area contributed by atoms with Crippen LogP contribution in [0.2, 0.25) is 0 Å². The van der Waals surface area contributed by atoms with Gasteiger partial charge in [-0.05, 0) is 19.5 Å². The molecule has 0 fully saturated rings. The molecule has 0 aliphatic carbocycles. The maximum absolute atomic E-state index is 4.05. The number of likely N-dealkylation sites (N-methyl/N-ethyl adjacent to an activating group) is 1. The lowest BCUT2D eigenvalue weighted by atomic mass is 9.89. The van der Waals surface area contributed by atoms with Crippen LogP contribution in [0.4, 0.5) is 0 Å². The second-order valence-corrected chi connectivity index (χ2v) is 5.44. The number of hydrogen-bond acceptors (Lipinski definition) is 1. The molecule has 19 heavy (non-hydrogen) atoms. The lowest BCUT2D eigenvalue weighted by molar-refractivity contribution is 0.175. The van der Waals surface area contributed by atoms with Gasteiger partial charge in [0.2, 0.25) is 0 Å². The highest BCUT2D eigenvalue weighted by atomic mass is 15.2. The Hall–Kier alpha value is -0.560. The molecule has 0 atom stereocenters. The molecule has 1 heteroatoms. The van der Waals surface area contributed by atoms with Crippen molar-refractivity contribution in [3.8, 4) is 0 Å². The van der Waals surface area contributed by atoms with Crippen molar-refractivity contribution >= 4 is 0 Å².